The lowest BCUT2D eigenvalue weighted by Crippen LogP contribution is -2.08. The molecular formula is C19H18N2O5S. The van der Waals surface area contributed by atoms with E-state index in [4.69, 9.17) is 14.7 Å². The Kier molecular flexibility index (Phi) is 6.57. The molecule has 140 valence electrons. The average Bonchev–Trinajstić information content (AvgIpc) is 2.64. The van der Waals surface area contributed by atoms with Crippen LogP contribution in [0.1, 0.15) is 5.56 Å². The smallest absolute Gasteiger partial charge is 0.248 e. The second-order valence-electron chi connectivity index (χ2n) is 5.48. The van der Waals surface area contributed by atoms with E-state index in [-0.39, 0.29) is 11.5 Å². The summed E-state index contributed by atoms with van der Waals surface area (Å²) in [5.74, 6) is 0.455. The predicted molar refractivity (Wildman–Crippen MR) is 101 cm³/mol. The molecule has 7 nitrogen and oxygen atoms in total. The summed E-state index contributed by atoms with van der Waals surface area (Å²) >= 11 is 0. The van der Waals surface area contributed by atoms with Crippen LogP contribution in [-0.4, -0.2) is 34.3 Å². The Bertz CT molecular complexity index is 1010. The molecule has 0 aliphatic carbocycles. The summed E-state index contributed by atoms with van der Waals surface area (Å²) in [4.78, 5) is 12.2. The van der Waals surface area contributed by atoms with Crippen molar-refractivity contribution in [1.29, 1.82) is 5.26 Å². The van der Waals surface area contributed by atoms with Crippen LogP contribution in [0.3, 0.4) is 0 Å². The lowest BCUT2D eigenvalue weighted by atomic mass is 10.2. The van der Waals surface area contributed by atoms with Crippen LogP contribution in [0.2, 0.25) is 0 Å². The van der Waals surface area contributed by atoms with Crippen molar-refractivity contribution in [2.75, 3.05) is 25.3 Å². The highest BCUT2D eigenvalue weighted by Crippen LogP contribution is 2.28. The maximum absolute atomic E-state index is 12.1. The van der Waals surface area contributed by atoms with Gasteiger partial charge in [-0.05, 0) is 42.0 Å². The van der Waals surface area contributed by atoms with Crippen LogP contribution >= 0.6 is 0 Å². The van der Waals surface area contributed by atoms with Gasteiger partial charge in [-0.15, -0.1) is 0 Å². The Balaban J connectivity index is 2.10. The first kappa shape index (κ1) is 20.0. The molecule has 8 heteroatoms. The molecule has 0 fully saturated rings. The largest absolute Gasteiger partial charge is 0.493 e. The lowest BCUT2D eigenvalue weighted by molar-refractivity contribution is -0.111. The Morgan fingerprint density at radius 3 is 2.67 bits per heavy atom. The number of amides is 1. The molecule has 27 heavy (non-hydrogen) atoms. The molecular weight excluding hydrogens is 368 g/mol. The van der Waals surface area contributed by atoms with Crippen molar-refractivity contribution in [2.24, 2.45) is 0 Å². The number of ether oxygens (including phenoxy) is 2. The van der Waals surface area contributed by atoms with Crippen molar-refractivity contribution >= 4 is 27.5 Å². The van der Waals surface area contributed by atoms with Crippen LogP contribution in [0.4, 0.5) is 5.69 Å². The average molecular weight is 386 g/mol. The highest BCUT2D eigenvalue weighted by molar-refractivity contribution is 7.90. The van der Waals surface area contributed by atoms with Crippen molar-refractivity contribution in [3.8, 4) is 17.6 Å². The molecule has 0 heterocycles. The zero-order valence-electron chi connectivity index (χ0n) is 14.8. The normalized spacial score (nSPS) is 11.0. The third kappa shape index (κ3) is 5.87. The van der Waals surface area contributed by atoms with E-state index in [2.05, 4.69) is 5.32 Å². The zero-order chi connectivity index (χ0) is 19.9. The van der Waals surface area contributed by atoms with Gasteiger partial charge >= 0.3 is 0 Å². The van der Waals surface area contributed by atoms with Crippen molar-refractivity contribution in [2.45, 2.75) is 4.90 Å². The quantitative estimate of drug-likeness (QED) is 0.734. The van der Waals surface area contributed by atoms with E-state index in [1.165, 1.54) is 25.3 Å². The van der Waals surface area contributed by atoms with E-state index in [1.54, 1.807) is 36.4 Å². The number of carbonyl (C=O) groups is 1. The van der Waals surface area contributed by atoms with Crippen LogP contribution in [0.5, 0.6) is 11.5 Å². The number of rotatable bonds is 7. The predicted octanol–water partition coefficient (Wildman–Crippen LogP) is 2.65. The second-order valence-corrected chi connectivity index (χ2v) is 7.50. The van der Waals surface area contributed by atoms with Gasteiger partial charge < -0.3 is 14.8 Å². The first-order valence-corrected chi connectivity index (χ1v) is 9.69. The van der Waals surface area contributed by atoms with Crippen LogP contribution < -0.4 is 14.8 Å². The van der Waals surface area contributed by atoms with Gasteiger partial charge in [-0.25, -0.2) is 8.42 Å². The number of hydrogen-bond acceptors (Lipinski definition) is 6. The maximum Gasteiger partial charge on any atom is 0.248 e. The fourth-order valence-electron chi connectivity index (χ4n) is 2.18. The molecule has 0 spiro atoms. The molecule has 2 aromatic carbocycles. The Hall–Kier alpha value is -3.31. The summed E-state index contributed by atoms with van der Waals surface area (Å²) < 4.78 is 33.6. The molecule has 0 aliphatic rings. The third-order valence-corrected chi connectivity index (χ3v) is 4.55. The molecule has 2 rings (SSSR count). The van der Waals surface area contributed by atoms with Crippen molar-refractivity contribution < 1.29 is 22.7 Å². The number of hydrogen-bond donors (Lipinski definition) is 1. The molecule has 0 bridgehead atoms. The zero-order valence-corrected chi connectivity index (χ0v) is 15.6. The lowest BCUT2D eigenvalue weighted by Gasteiger charge is -2.08. The summed E-state index contributed by atoms with van der Waals surface area (Å²) in [5.41, 5.74) is 1.07. The molecule has 0 aliphatic heterocycles. The Morgan fingerprint density at radius 1 is 1.22 bits per heavy atom. The van der Waals surface area contributed by atoms with Gasteiger partial charge in [0, 0.05) is 18.0 Å². The van der Waals surface area contributed by atoms with E-state index < -0.39 is 15.7 Å². The molecule has 1 amide bonds. The number of nitrogens with zero attached hydrogens (tertiary/aromatic N) is 1. The number of methoxy groups -OCH3 is 1. The number of anilines is 1. The number of nitriles is 1. The van der Waals surface area contributed by atoms with E-state index in [0.29, 0.717) is 22.7 Å². The van der Waals surface area contributed by atoms with Gasteiger partial charge in [0.05, 0.1) is 12.0 Å². The van der Waals surface area contributed by atoms with Gasteiger partial charge in [-0.2, -0.15) is 5.26 Å². The summed E-state index contributed by atoms with van der Waals surface area (Å²) in [7, 11) is -1.87. The van der Waals surface area contributed by atoms with Crippen molar-refractivity contribution in [3.05, 3.63) is 54.1 Å². The van der Waals surface area contributed by atoms with E-state index in [0.717, 1.165) is 6.26 Å². The fraction of sp³-hybridized carbons (Fsp3) is 0.158. The summed E-state index contributed by atoms with van der Waals surface area (Å²) in [6.45, 7) is -0.0967. The molecule has 0 radical (unpaired) electrons. The van der Waals surface area contributed by atoms with Gasteiger partial charge in [0.15, 0.2) is 27.9 Å². The molecule has 2 aromatic rings. The fourth-order valence-corrected chi connectivity index (χ4v) is 2.84. The first-order chi connectivity index (χ1) is 12.8. The molecule has 0 unspecified atom stereocenters. The highest BCUT2D eigenvalue weighted by atomic mass is 32.2. The maximum atomic E-state index is 12.1. The molecule has 0 atom stereocenters. The van der Waals surface area contributed by atoms with Crippen molar-refractivity contribution in [3.63, 3.8) is 0 Å². The van der Waals surface area contributed by atoms with Gasteiger partial charge in [0.1, 0.15) is 6.07 Å². The van der Waals surface area contributed by atoms with Crippen LogP contribution in [0, 0.1) is 11.3 Å². The number of carbonyl (C=O) groups excluding carboxylic acids is 1. The number of nitrogens with one attached hydrogen (secondary N) is 1. The summed E-state index contributed by atoms with van der Waals surface area (Å²) in [6, 6.07) is 12.9. The minimum atomic E-state index is -3.35. The Labute approximate surface area is 157 Å². The number of benzene rings is 2. The minimum absolute atomic E-state index is 0.0967. The van der Waals surface area contributed by atoms with Crippen molar-refractivity contribution in [1.82, 2.24) is 0 Å². The molecule has 0 aromatic heterocycles. The highest BCUT2D eigenvalue weighted by Gasteiger charge is 2.08. The van der Waals surface area contributed by atoms with Crippen LogP contribution in [-0.2, 0) is 14.6 Å². The molecule has 0 saturated carbocycles. The minimum Gasteiger partial charge on any atom is -0.493 e. The van der Waals surface area contributed by atoms with E-state index in [1.807, 2.05) is 6.07 Å². The number of sulfone groups is 1. The SMILES string of the molecule is COc1cc(/C=C/C(=O)Nc2cccc(S(C)(=O)=O)c2)ccc1OCC#N. The van der Waals surface area contributed by atoms with Gasteiger partial charge in [-0.3, -0.25) is 4.79 Å². The first-order valence-electron chi connectivity index (χ1n) is 7.80. The second kappa shape index (κ2) is 8.87. The Morgan fingerprint density at radius 2 is 2.00 bits per heavy atom. The summed E-state index contributed by atoms with van der Waals surface area (Å²) in [5, 5.41) is 11.2. The van der Waals surface area contributed by atoms with Crippen LogP contribution in [0.25, 0.3) is 6.08 Å². The molecule has 1 N–H and O–H groups in total. The topological polar surface area (TPSA) is 105 Å². The van der Waals surface area contributed by atoms with Gasteiger partial charge in [0.25, 0.3) is 0 Å². The standard InChI is InChI=1S/C19H18N2O5S/c1-25-18-12-14(6-8-17(18)26-11-10-20)7-9-19(22)21-15-4-3-5-16(13-15)27(2,23)24/h3-9,12-13H,11H2,1-2H3,(H,21,22)/b9-7+. The van der Waals surface area contributed by atoms with Crippen LogP contribution in [0.15, 0.2) is 53.4 Å². The van der Waals surface area contributed by atoms with E-state index in [9.17, 15) is 13.2 Å². The van der Waals surface area contributed by atoms with Gasteiger partial charge in [-0.1, -0.05) is 12.1 Å². The molecule has 0 saturated heterocycles. The third-order valence-electron chi connectivity index (χ3n) is 3.44. The van der Waals surface area contributed by atoms with E-state index >= 15 is 0 Å². The van der Waals surface area contributed by atoms with Gasteiger partial charge in [0.2, 0.25) is 5.91 Å². The summed E-state index contributed by atoms with van der Waals surface area (Å²) in [6.07, 6.45) is 4.00. The monoisotopic (exact) mass is 386 g/mol.